The van der Waals surface area contributed by atoms with Gasteiger partial charge in [-0.25, -0.2) is 0 Å². The van der Waals surface area contributed by atoms with Crippen LogP contribution in [0.25, 0.3) is 0 Å². The van der Waals surface area contributed by atoms with Crippen molar-refractivity contribution in [2.24, 2.45) is 0 Å². The first kappa shape index (κ1) is 13.4. The average Bonchev–Trinajstić information content (AvgIpc) is 2.90. The molecule has 0 radical (unpaired) electrons. The summed E-state index contributed by atoms with van der Waals surface area (Å²) in [6.45, 7) is 1.01. The minimum absolute atomic E-state index is 0.00292. The minimum atomic E-state index is -0.834. The number of hydrogen-bond donors (Lipinski definition) is 1. The number of carboxylic acids is 1. The Kier molecular flexibility index (Phi) is 4.26. The normalized spacial score (nSPS) is 25.7. The van der Waals surface area contributed by atoms with Gasteiger partial charge in [0.2, 0.25) is 0 Å². The number of terminal acetylenes is 1. The molecule has 2 aliphatic rings. The van der Waals surface area contributed by atoms with Crippen molar-refractivity contribution in [2.75, 3.05) is 19.6 Å². The molecule has 0 amide bonds. The first-order valence-corrected chi connectivity index (χ1v) is 6.69. The lowest BCUT2D eigenvalue weighted by molar-refractivity contribution is -0.138. The maximum Gasteiger partial charge on any atom is 0.317 e. The monoisotopic (exact) mass is 251 g/mol. The zero-order valence-electron chi connectivity index (χ0n) is 10.7. The SMILES string of the molecule is C#CCN(CC(=O)O)CC1CCC2(CCCC2)O1. The largest absolute Gasteiger partial charge is 0.480 e. The Bertz CT molecular complexity index is 341. The molecular weight excluding hydrogens is 230 g/mol. The Morgan fingerprint density at radius 1 is 1.44 bits per heavy atom. The number of ether oxygens (including phenoxy) is 1. The maximum absolute atomic E-state index is 10.8. The van der Waals surface area contributed by atoms with Gasteiger partial charge in [-0.15, -0.1) is 6.42 Å². The second kappa shape index (κ2) is 5.73. The van der Waals surface area contributed by atoms with Crippen molar-refractivity contribution >= 4 is 5.97 Å². The van der Waals surface area contributed by atoms with Gasteiger partial charge in [-0.1, -0.05) is 18.8 Å². The molecule has 1 saturated carbocycles. The second-order valence-electron chi connectivity index (χ2n) is 5.44. The Hall–Kier alpha value is -1.05. The highest BCUT2D eigenvalue weighted by atomic mass is 16.5. The number of aliphatic carboxylic acids is 1. The lowest BCUT2D eigenvalue weighted by Gasteiger charge is -2.26. The van der Waals surface area contributed by atoms with E-state index in [0.29, 0.717) is 13.1 Å². The van der Waals surface area contributed by atoms with E-state index in [0.717, 1.165) is 25.7 Å². The smallest absolute Gasteiger partial charge is 0.317 e. The molecule has 0 aromatic heterocycles. The predicted octanol–water partition coefficient (Wildman–Crippen LogP) is 1.50. The molecule has 0 bridgehead atoms. The average molecular weight is 251 g/mol. The van der Waals surface area contributed by atoms with E-state index in [1.165, 1.54) is 12.8 Å². The molecular formula is C14H21NO3. The molecule has 0 aromatic carbocycles. The van der Waals surface area contributed by atoms with Crippen LogP contribution < -0.4 is 0 Å². The van der Waals surface area contributed by atoms with Crippen molar-refractivity contribution in [1.82, 2.24) is 4.90 Å². The van der Waals surface area contributed by atoms with Gasteiger partial charge in [0.1, 0.15) is 0 Å². The molecule has 1 atom stereocenters. The summed E-state index contributed by atoms with van der Waals surface area (Å²) >= 11 is 0. The van der Waals surface area contributed by atoms with Gasteiger partial charge in [0.25, 0.3) is 0 Å². The summed E-state index contributed by atoms with van der Waals surface area (Å²) < 4.78 is 6.17. The van der Waals surface area contributed by atoms with Crippen LogP contribution in [-0.4, -0.2) is 47.3 Å². The molecule has 4 nitrogen and oxygen atoms in total. The Balaban J connectivity index is 1.85. The standard InChI is InChI=1S/C14H21NO3/c1-2-9-15(11-13(16)17)10-12-5-8-14(18-12)6-3-4-7-14/h1,12H,3-11H2,(H,16,17). The Morgan fingerprint density at radius 3 is 2.78 bits per heavy atom. The van der Waals surface area contributed by atoms with E-state index >= 15 is 0 Å². The first-order chi connectivity index (χ1) is 8.63. The van der Waals surface area contributed by atoms with E-state index < -0.39 is 5.97 Å². The van der Waals surface area contributed by atoms with Crippen molar-refractivity contribution < 1.29 is 14.6 Å². The fourth-order valence-electron chi connectivity index (χ4n) is 3.20. The Labute approximate surface area is 108 Å². The van der Waals surface area contributed by atoms with Gasteiger partial charge in [0.15, 0.2) is 0 Å². The highest BCUT2D eigenvalue weighted by Gasteiger charge is 2.42. The third-order valence-corrected chi connectivity index (χ3v) is 3.99. The lowest BCUT2D eigenvalue weighted by Crippen LogP contribution is -2.37. The third kappa shape index (κ3) is 3.24. The van der Waals surface area contributed by atoms with Crippen LogP contribution in [0.15, 0.2) is 0 Å². The van der Waals surface area contributed by atoms with E-state index in [2.05, 4.69) is 5.92 Å². The number of rotatable bonds is 5. The van der Waals surface area contributed by atoms with E-state index in [4.69, 9.17) is 16.3 Å². The van der Waals surface area contributed by atoms with E-state index in [-0.39, 0.29) is 18.2 Å². The van der Waals surface area contributed by atoms with Crippen LogP contribution in [-0.2, 0) is 9.53 Å². The quantitative estimate of drug-likeness (QED) is 0.752. The molecule has 1 aliphatic carbocycles. The first-order valence-electron chi connectivity index (χ1n) is 6.69. The van der Waals surface area contributed by atoms with Crippen LogP contribution in [0.5, 0.6) is 0 Å². The van der Waals surface area contributed by atoms with Crippen molar-refractivity contribution in [1.29, 1.82) is 0 Å². The zero-order chi connectivity index (χ0) is 13.0. The summed E-state index contributed by atoms with van der Waals surface area (Å²) in [6.07, 6.45) is 12.4. The fraction of sp³-hybridized carbons (Fsp3) is 0.786. The summed E-state index contributed by atoms with van der Waals surface area (Å²) in [4.78, 5) is 12.5. The number of nitrogens with zero attached hydrogens (tertiary/aromatic N) is 1. The molecule has 1 spiro atoms. The molecule has 2 fully saturated rings. The summed E-state index contributed by atoms with van der Waals surface area (Å²) in [7, 11) is 0. The molecule has 18 heavy (non-hydrogen) atoms. The molecule has 1 aliphatic heterocycles. The molecule has 100 valence electrons. The number of carboxylic acid groups (broad SMARTS) is 1. The van der Waals surface area contributed by atoms with Gasteiger partial charge in [-0.2, -0.15) is 0 Å². The van der Waals surface area contributed by atoms with E-state index in [1.54, 1.807) is 4.90 Å². The van der Waals surface area contributed by atoms with Crippen LogP contribution in [0.4, 0.5) is 0 Å². The van der Waals surface area contributed by atoms with Gasteiger partial charge < -0.3 is 9.84 Å². The topological polar surface area (TPSA) is 49.8 Å². The van der Waals surface area contributed by atoms with Crippen LogP contribution >= 0.6 is 0 Å². The van der Waals surface area contributed by atoms with E-state index in [1.807, 2.05) is 0 Å². The summed E-state index contributed by atoms with van der Waals surface area (Å²) in [5, 5.41) is 8.84. The molecule has 0 aromatic rings. The summed E-state index contributed by atoms with van der Waals surface area (Å²) in [6, 6.07) is 0. The minimum Gasteiger partial charge on any atom is -0.480 e. The molecule has 1 saturated heterocycles. The van der Waals surface area contributed by atoms with Crippen molar-refractivity contribution in [3.05, 3.63) is 0 Å². The van der Waals surface area contributed by atoms with Crippen LogP contribution in [0.2, 0.25) is 0 Å². The molecule has 1 unspecified atom stereocenters. The lowest BCUT2D eigenvalue weighted by atomic mass is 9.98. The highest BCUT2D eigenvalue weighted by Crippen LogP contribution is 2.43. The number of carbonyl (C=O) groups is 1. The van der Waals surface area contributed by atoms with Crippen molar-refractivity contribution in [3.8, 4) is 12.3 Å². The molecule has 2 rings (SSSR count). The van der Waals surface area contributed by atoms with Crippen LogP contribution in [0.1, 0.15) is 38.5 Å². The highest BCUT2D eigenvalue weighted by molar-refractivity contribution is 5.69. The molecule has 1 heterocycles. The van der Waals surface area contributed by atoms with Gasteiger partial charge in [0, 0.05) is 6.54 Å². The van der Waals surface area contributed by atoms with Gasteiger partial charge in [-0.05, 0) is 25.7 Å². The van der Waals surface area contributed by atoms with Gasteiger partial charge in [0.05, 0.1) is 24.8 Å². The van der Waals surface area contributed by atoms with Gasteiger partial charge >= 0.3 is 5.97 Å². The van der Waals surface area contributed by atoms with Crippen molar-refractivity contribution in [2.45, 2.75) is 50.2 Å². The van der Waals surface area contributed by atoms with E-state index in [9.17, 15) is 4.79 Å². The molecule has 4 heteroatoms. The zero-order valence-corrected chi connectivity index (χ0v) is 10.7. The maximum atomic E-state index is 10.8. The molecule has 1 N–H and O–H groups in total. The van der Waals surface area contributed by atoms with Crippen LogP contribution in [0.3, 0.4) is 0 Å². The third-order valence-electron chi connectivity index (χ3n) is 3.99. The fourth-order valence-corrected chi connectivity index (χ4v) is 3.20. The number of hydrogen-bond acceptors (Lipinski definition) is 3. The summed E-state index contributed by atoms with van der Waals surface area (Å²) in [5.41, 5.74) is 0.107. The predicted molar refractivity (Wildman–Crippen MR) is 68.2 cm³/mol. The van der Waals surface area contributed by atoms with Crippen molar-refractivity contribution in [3.63, 3.8) is 0 Å². The summed E-state index contributed by atoms with van der Waals surface area (Å²) in [5.74, 6) is 1.68. The Morgan fingerprint density at radius 2 is 2.17 bits per heavy atom. The van der Waals surface area contributed by atoms with Gasteiger partial charge in [-0.3, -0.25) is 9.69 Å². The van der Waals surface area contributed by atoms with Crippen LogP contribution in [0, 0.1) is 12.3 Å². The second-order valence-corrected chi connectivity index (χ2v) is 5.44.